The van der Waals surface area contributed by atoms with Gasteiger partial charge in [0, 0.05) is 55.1 Å². The molecule has 2 aliphatic rings. The van der Waals surface area contributed by atoms with Crippen LogP contribution in [0.4, 0.5) is 20.2 Å². The molecule has 0 spiro atoms. The summed E-state index contributed by atoms with van der Waals surface area (Å²) >= 11 is 0. The molecule has 0 aliphatic carbocycles. The number of nitrogens with two attached hydrogens (primary N) is 1. The second kappa shape index (κ2) is 21.8. The highest BCUT2D eigenvalue weighted by Crippen LogP contribution is 2.43. The molecule has 344 valence electrons. The molecule has 2 fully saturated rings. The lowest BCUT2D eigenvalue weighted by Crippen LogP contribution is -2.46. The van der Waals surface area contributed by atoms with Gasteiger partial charge in [-0.25, -0.2) is 27.4 Å². The summed E-state index contributed by atoms with van der Waals surface area (Å²) in [4.78, 5) is 38.9. The maximum Gasteiger partial charge on any atom is 0.475 e. The summed E-state index contributed by atoms with van der Waals surface area (Å²) in [6.07, 6.45) is 3.38. The molecule has 0 amide bonds. The molecule has 4 aromatic rings. The Morgan fingerprint density at radius 3 is 2.30 bits per heavy atom. The molecular formula is C43H58F2N7O10P. The van der Waals surface area contributed by atoms with Gasteiger partial charge in [-0.05, 0) is 101 Å². The fraction of sp³-hybridized carbons (Fsp3) is 0.512. The van der Waals surface area contributed by atoms with E-state index in [1.54, 1.807) is 6.92 Å². The molecule has 17 nitrogen and oxygen atoms in total. The number of nitrogens with one attached hydrogen (secondary N) is 1. The van der Waals surface area contributed by atoms with Crippen LogP contribution in [0.5, 0.6) is 5.75 Å². The number of aliphatic carboxylic acids is 1. The van der Waals surface area contributed by atoms with Crippen molar-refractivity contribution >= 4 is 25.2 Å². The number of rotatable bonds is 23. The van der Waals surface area contributed by atoms with Gasteiger partial charge in [-0.3, -0.25) is 19.2 Å². The van der Waals surface area contributed by atoms with Gasteiger partial charge in [-0.1, -0.05) is 19.4 Å². The van der Waals surface area contributed by atoms with Crippen molar-refractivity contribution in [1.29, 1.82) is 0 Å². The van der Waals surface area contributed by atoms with Crippen molar-refractivity contribution in [1.82, 2.24) is 19.7 Å². The number of hydrogen-bond acceptors (Lipinski definition) is 13. The van der Waals surface area contributed by atoms with Crippen molar-refractivity contribution in [3.05, 3.63) is 101 Å². The normalized spacial score (nSPS) is 20.3. The van der Waals surface area contributed by atoms with Gasteiger partial charge < -0.3 is 39.7 Å². The third kappa shape index (κ3) is 12.7. The van der Waals surface area contributed by atoms with Crippen LogP contribution in [0.25, 0.3) is 5.69 Å². The topological polar surface area (TPSA) is 205 Å². The number of hydrogen-bond donors (Lipinski definition) is 4. The largest absolute Gasteiger partial charge is 0.493 e. The van der Waals surface area contributed by atoms with Crippen LogP contribution >= 0.6 is 7.82 Å². The van der Waals surface area contributed by atoms with Crippen molar-refractivity contribution < 1.29 is 51.4 Å². The van der Waals surface area contributed by atoms with Crippen LogP contribution in [0.3, 0.4) is 0 Å². The van der Waals surface area contributed by atoms with Crippen LogP contribution in [-0.2, 0) is 33.5 Å². The number of unbranched alkanes of at least 4 members (excludes halogenated alkanes) is 1. The highest BCUT2D eigenvalue weighted by molar-refractivity contribution is 7.47. The van der Waals surface area contributed by atoms with Crippen LogP contribution in [0.1, 0.15) is 64.5 Å². The molecular weight excluding hydrogens is 843 g/mol. The summed E-state index contributed by atoms with van der Waals surface area (Å²) in [6, 6.07) is 17.9. The van der Waals surface area contributed by atoms with Crippen molar-refractivity contribution in [2.24, 2.45) is 11.7 Å². The monoisotopic (exact) mass is 901 g/mol. The summed E-state index contributed by atoms with van der Waals surface area (Å²) in [7, 11) is -4.44. The lowest BCUT2D eigenvalue weighted by molar-refractivity contribution is -0.138. The van der Waals surface area contributed by atoms with E-state index >= 15 is 0 Å². The zero-order chi connectivity index (χ0) is 45.1. The summed E-state index contributed by atoms with van der Waals surface area (Å²) in [5.74, 6) is -1.48. The number of piperazine rings is 1. The third-order valence-corrected chi connectivity index (χ3v) is 12.4. The van der Waals surface area contributed by atoms with Crippen LogP contribution < -0.4 is 31.3 Å². The summed E-state index contributed by atoms with van der Waals surface area (Å²) < 4.78 is 70.6. The number of ether oxygens (including phenoxy) is 3. The Bertz CT molecular complexity index is 2210. The van der Waals surface area contributed by atoms with Gasteiger partial charge in [0.1, 0.15) is 36.5 Å². The van der Waals surface area contributed by atoms with E-state index in [0.29, 0.717) is 63.1 Å². The zero-order valence-corrected chi connectivity index (χ0v) is 36.7. The lowest BCUT2D eigenvalue weighted by atomic mass is 9.89. The first kappa shape index (κ1) is 47.8. The number of carboxylic acid groups (broad SMARTS) is 1. The van der Waals surface area contributed by atoms with Crippen molar-refractivity contribution in [2.45, 2.75) is 76.7 Å². The van der Waals surface area contributed by atoms with Gasteiger partial charge in [-0.15, -0.1) is 0 Å². The van der Waals surface area contributed by atoms with E-state index in [0.717, 1.165) is 49.4 Å². The van der Waals surface area contributed by atoms with E-state index in [2.05, 4.69) is 20.2 Å². The smallest absolute Gasteiger partial charge is 0.475 e. The maximum atomic E-state index is 14.5. The predicted octanol–water partition coefficient (Wildman–Crippen LogP) is 5.55. The van der Waals surface area contributed by atoms with Crippen LogP contribution in [-0.4, -0.2) is 102 Å². The molecule has 1 unspecified atom stereocenters. The first-order valence-electron chi connectivity index (χ1n) is 21.2. The van der Waals surface area contributed by atoms with Gasteiger partial charge in [-0.2, -0.15) is 5.10 Å². The number of halogens is 2. The average molecular weight is 902 g/mol. The summed E-state index contributed by atoms with van der Waals surface area (Å²) in [6.45, 7) is 9.08. The quantitative estimate of drug-likeness (QED) is 0.0410. The minimum absolute atomic E-state index is 0.0636. The SMILES string of the molecule is CC[C@@H]([C@H](C)OCOP(=O)(O)OCNCCCC[C@H](N)C(=O)O)n1ncn(-c2ccc(N3CCN(c4ccc(OC[C@@H]5CO[C@@](C)(c6ccc(F)cc6F)C5)cc4)CC3)cc2)c1=O. The molecule has 6 rings (SSSR count). The van der Waals surface area contributed by atoms with E-state index in [4.69, 9.17) is 34.1 Å². The fourth-order valence-corrected chi connectivity index (χ4v) is 8.44. The maximum absolute atomic E-state index is 14.5. The van der Waals surface area contributed by atoms with E-state index in [9.17, 15) is 27.8 Å². The van der Waals surface area contributed by atoms with E-state index < -0.39 is 56.0 Å². The molecule has 0 radical (unpaired) electrons. The molecule has 3 heterocycles. The molecule has 0 saturated carbocycles. The standard InChI is InChI=1S/C43H58F2N7O10P/c1-4-40(30(2)59-29-62-63(56,57)61-28-47-18-6-5-7-39(46)41(53)54)52-42(55)51(27-48-52)35-11-9-33(10-12-35)49-19-21-50(22-20-49)34-13-15-36(16-14-34)58-25-31-24-43(3,60-26-31)37-17-8-32(44)23-38(37)45/h8-17,23,27,30-31,39-40,47H,4-7,18-22,24-26,28-29,46H2,1-3H3,(H,53,54)(H,56,57)/t30-,31+,39-,40-,43+/m0/s1. The van der Waals surface area contributed by atoms with Gasteiger partial charge in [0.05, 0.1) is 36.6 Å². The van der Waals surface area contributed by atoms with Crippen LogP contribution in [0.2, 0.25) is 0 Å². The number of carboxylic acids is 1. The number of aromatic nitrogens is 3. The fourth-order valence-electron chi connectivity index (χ4n) is 7.91. The molecule has 2 saturated heterocycles. The predicted molar refractivity (Wildman–Crippen MR) is 231 cm³/mol. The van der Waals surface area contributed by atoms with E-state index in [-0.39, 0.29) is 18.3 Å². The number of benzene rings is 3. The average Bonchev–Trinajstić information content (AvgIpc) is 3.84. The molecule has 0 bridgehead atoms. The van der Waals surface area contributed by atoms with Crippen molar-refractivity contribution in [3.8, 4) is 11.4 Å². The van der Waals surface area contributed by atoms with Gasteiger partial charge in [0.15, 0.2) is 6.79 Å². The van der Waals surface area contributed by atoms with Gasteiger partial charge in [0.25, 0.3) is 0 Å². The Labute approximate surface area is 365 Å². The van der Waals surface area contributed by atoms with Crippen molar-refractivity contribution in [3.63, 3.8) is 0 Å². The van der Waals surface area contributed by atoms with Crippen LogP contribution in [0, 0.1) is 17.6 Å². The molecule has 1 aromatic heterocycles. The number of phosphoric ester groups is 1. The first-order valence-corrected chi connectivity index (χ1v) is 22.7. The molecule has 3 aromatic carbocycles. The third-order valence-electron chi connectivity index (χ3n) is 11.6. The molecule has 20 heteroatoms. The minimum atomic E-state index is -4.44. The Balaban J connectivity index is 0.915. The highest BCUT2D eigenvalue weighted by atomic mass is 31.2. The number of anilines is 2. The second-order valence-corrected chi connectivity index (χ2v) is 17.5. The minimum Gasteiger partial charge on any atom is -0.493 e. The van der Waals surface area contributed by atoms with Gasteiger partial charge in [0.2, 0.25) is 0 Å². The number of phosphoric acid groups is 1. The summed E-state index contributed by atoms with van der Waals surface area (Å²) in [5.41, 5.74) is 7.39. The first-order chi connectivity index (χ1) is 30.2. The van der Waals surface area contributed by atoms with Crippen LogP contribution in [0.15, 0.2) is 77.9 Å². The Kier molecular flexibility index (Phi) is 16.5. The lowest BCUT2D eigenvalue weighted by Gasteiger charge is -2.37. The summed E-state index contributed by atoms with van der Waals surface area (Å²) in [5, 5.41) is 16.0. The number of nitrogens with zero attached hydrogens (tertiary/aromatic N) is 5. The molecule has 6 atom stereocenters. The van der Waals surface area contributed by atoms with E-state index in [1.165, 1.54) is 27.7 Å². The zero-order valence-electron chi connectivity index (χ0n) is 35.8. The number of carbonyl (C=O) groups is 1. The Morgan fingerprint density at radius 2 is 1.67 bits per heavy atom. The Morgan fingerprint density at radius 1 is 1.02 bits per heavy atom. The molecule has 2 aliphatic heterocycles. The van der Waals surface area contributed by atoms with Gasteiger partial charge >= 0.3 is 19.5 Å². The second-order valence-electron chi connectivity index (χ2n) is 16.0. The molecule has 63 heavy (non-hydrogen) atoms. The van der Waals surface area contributed by atoms with Crippen molar-refractivity contribution in [2.75, 3.05) is 69.3 Å². The highest BCUT2D eigenvalue weighted by Gasteiger charge is 2.40. The Hall–Kier alpha value is -4.72. The molecule has 5 N–H and O–H groups in total. The van der Waals surface area contributed by atoms with E-state index in [1.807, 2.05) is 62.4 Å².